The van der Waals surface area contributed by atoms with Crippen LogP contribution in [0.15, 0.2) is 0 Å². The van der Waals surface area contributed by atoms with Crippen molar-refractivity contribution in [2.75, 3.05) is 26.8 Å². The van der Waals surface area contributed by atoms with E-state index < -0.39 is 0 Å². The van der Waals surface area contributed by atoms with Crippen LogP contribution in [0.4, 0.5) is 0 Å². The summed E-state index contributed by atoms with van der Waals surface area (Å²) in [6.07, 6.45) is 7.72. The lowest BCUT2D eigenvalue weighted by atomic mass is 9.82. The van der Waals surface area contributed by atoms with Gasteiger partial charge in [-0.05, 0) is 38.6 Å². The van der Waals surface area contributed by atoms with Crippen molar-refractivity contribution in [3.8, 4) is 0 Å². The number of rotatable bonds is 6. The molecule has 2 fully saturated rings. The van der Waals surface area contributed by atoms with Crippen LogP contribution in [0.5, 0.6) is 0 Å². The van der Waals surface area contributed by atoms with E-state index in [0.717, 1.165) is 38.6 Å². The van der Waals surface area contributed by atoms with Gasteiger partial charge in [-0.3, -0.25) is 4.79 Å². The van der Waals surface area contributed by atoms with Crippen molar-refractivity contribution >= 4 is 5.91 Å². The van der Waals surface area contributed by atoms with Crippen LogP contribution < -0.4 is 10.6 Å². The lowest BCUT2D eigenvalue weighted by molar-refractivity contribution is -0.131. The first-order valence-corrected chi connectivity index (χ1v) is 7.69. The van der Waals surface area contributed by atoms with Crippen molar-refractivity contribution < 1.29 is 9.53 Å². The summed E-state index contributed by atoms with van der Waals surface area (Å²) in [6.45, 7) is 4.54. The van der Waals surface area contributed by atoms with Crippen LogP contribution >= 0.6 is 0 Å². The van der Waals surface area contributed by atoms with Crippen molar-refractivity contribution in [1.29, 1.82) is 0 Å². The summed E-state index contributed by atoms with van der Waals surface area (Å²) in [6, 6.07) is 0. The first-order chi connectivity index (χ1) is 9.16. The minimum atomic E-state index is -0.0904. The zero-order valence-corrected chi connectivity index (χ0v) is 12.4. The summed E-state index contributed by atoms with van der Waals surface area (Å²) in [5, 5.41) is 6.71. The number of methoxy groups -OCH3 is 1. The highest BCUT2D eigenvalue weighted by Crippen LogP contribution is 2.41. The molecular formula is C15H28N2O2. The van der Waals surface area contributed by atoms with E-state index in [2.05, 4.69) is 17.6 Å². The van der Waals surface area contributed by atoms with Gasteiger partial charge in [-0.15, -0.1) is 0 Å². The van der Waals surface area contributed by atoms with Crippen molar-refractivity contribution in [1.82, 2.24) is 10.6 Å². The number of hydrogen-bond acceptors (Lipinski definition) is 3. The summed E-state index contributed by atoms with van der Waals surface area (Å²) in [5.74, 6) is 0.261. The van der Waals surface area contributed by atoms with Crippen LogP contribution in [-0.2, 0) is 9.53 Å². The molecule has 0 aromatic carbocycles. The molecular weight excluding hydrogens is 240 g/mol. The van der Waals surface area contributed by atoms with Gasteiger partial charge >= 0.3 is 0 Å². The van der Waals surface area contributed by atoms with Gasteiger partial charge in [0.05, 0.1) is 12.1 Å². The molecule has 1 unspecified atom stereocenters. The Kier molecular flexibility index (Phi) is 4.85. The van der Waals surface area contributed by atoms with Crippen LogP contribution in [0.1, 0.15) is 51.9 Å². The lowest BCUT2D eigenvalue weighted by Crippen LogP contribution is -2.54. The molecule has 2 N–H and O–H groups in total. The van der Waals surface area contributed by atoms with Crippen LogP contribution in [0.3, 0.4) is 0 Å². The monoisotopic (exact) mass is 268 g/mol. The molecule has 1 saturated carbocycles. The summed E-state index contributed by atoms with van der Waals surface area (Å²) in [4.78, 5) is 12.5. The zero-order chi connectivity index (χ0) is 13.8. The third-order valence-electron chi connectivity index (χ3n) is 5.06. The van der Waals surface area contributed by atoms with Gasteiger partial charge in [-0.25, -0.2) is 0 Å². The van der Waals surface area contributed by atoms with Crippen molar-refractivity contribution in [3.63, 3.8) is 0 Å². The average Bonchev–Trinajstić information content (AvgIpc) is 3.06. The van der Waals surface area contributed by atoms with E-state index in [9.17, 15) is 4.79 Å². The van der Waals surface area contributed by atoms with Gasteiger partial charge in [0, 0.05) is 19.1 Å². The van der Waals surface area contributed by atoms with E-state index in [1.54, 1.807) is 7.11 Å². The summed E-state index contributed by atoms with van der Waals surface area (Å²) < 4.78 is 5.32. The molecule has 1 heterocycles. The number of hydrogen-bond donors (Lipinski definition) is 2. The summed E-state index contributed by atoms with van der Waals surface area (Å²) in [7, 11) is 1.73. The molecule has 1 amide bonds. The Hall–Kier alpha value is -0.610. The molecule has 2 rings (SSSR count). The highest BCUT2D eigenvalue weighted by Gasteiger charge is 2.41. The Labute approximate surface area is 116 Å². The van der Waals surface area contributed by atoms with E-state index in [4.69, 9.17) is 4.74 Å². The standard InChI is InChI=1S/C15H28N2O2/c1-3-14(7-4-5-8-14)13(18)16-11-15(12-19-2)9-6-10-17-15/h17H,3-12H2,1-2H3,(H,16,18). The Bertz CT molecular complexity index is 305. The maximum absolute atomic E-state index is 12.5. The molecule has 0 spiro atoms. The molecule has 19 heavy (non-hydrogen) atoms. The van der Waals surface area contributed by atoms with Gasteiger partial charge < -0.3 is 15.4 Å². The van der Waals surface area contributed by atoms with Gasteiger partial charge in [0.25, 0.3) is 0 Å². The predicted molar refractivity (Wildman–Crippen MR) is 76.0 cm³/mol. The molecule has 1 aliphatic heterocycles. The topological polar surface area (TPSA) is 50.4 Å². The first kappa shape index (κ1) is 14.8. The van der Waals surface area contributed by atoms with Crippen LogP contribution in [0.2, 0.25) is 0 Å². The van der Waals surface area contributed by atoms with Crippen LogP contribution in [0.25, 0.3) is 0 Å². The maximum atomic E-state index is 12.5. The van der Waals surface area contributed by atoms with E-state index in [-0.39, 0.29) is 16.9 Å². The van der Waals surface area contributed by atoms with Gasteiger partial charge in [0.1, 0.15) is 0 Å². The second kappa shape index (κ2) is 6.23. The fourth-order valence-electron chi connectivity index (χ4n) is 3.70. The van der Waals surface area contributed by atoms with Gasteiger partial charge in [-0.1, -0.05) is 19.8 Å². The molecule has 110 valence electrons. The minimum absolute atomic E-state index is 0.0437. The summed E-state index contributed by atoms with van der Waals surface area (Å²) >= 11 is 0. The SMILES string of the molecule is CCC1(C(=O)NCC2(COC)CCCN2)CCCC1. The first-order valence-electron chi connectivity index (χ1n) is 7.69. The van der Waals surface area contributed by atoms with Gasteiger partial charge in [-0.2, -0.15) is 0 Å². The predicted octanol–water partition coefficient (Wildman–Crippen LogP) is 1.84. The van der Waals surface area contributed by atoms with E-state index in [1.807, 2.05) is 0 Å². The van der Waals surface area contributed by atoms with E-state index in [1.165, 1.54) is 12.8 Å². The molecule has 0 radical (unpaired) electrons. The fourth-order valence-corrected chi connectivity index (χ4v) is 3.70. The molecule has 4 nitrogen and oxygen atoms in total. The maximum Gasteiger partial charge on any atom is 0.226 e. The van der Waals surface area contributed by atoms with E-state index in [0.29, 0.717) is 13.2 Å². The highest BCUT2D eigenvalue weighted by molar-refractivity contribution is 5.82. The molecule has 0 bridgehead atoms. The molecule has 1 atom stereocenters. The molecule has 2 aliphatic rings. The van der Waals surface area contributed by atoms with Crippen molar-refractivity contribution in [2.24, 2.45) is 5.41 Å². The Morgan fingerprint density at radius 3 is 2.53 bits per heavy atom. The normalized spacial score (nSPS) is 29.6. The smallest absolute Gasteiger partial charge is 0.226 e. The quantitative estimate of drug-likeness (QED) is 0.773. The van der Waals surface area contributed by atoms with Crippen LogP contribution in [0, 0.1) is 5.41 Å². The second-order valence-electron chi connectivity index (χ2n) is 6.27. The third kappa shape index (κ3) is 3.11. The average molecular weight is 268 g/mol. The largest absolute Gasteiger partial charge is 0.383 e. The summed E-state index contributed by atoms with van der Waals surface area (Å²) in [5.41, 5.74) is -0.134. The Balaban J connectivity index is 1.91. The molecule has 4 heteroatoms. The fraction of sp³-hybridized carbons (Fsp3) is 0.933. The molecule has 0 aromatic heterocycles. The molecule has 1 saturated heterocycles. The number of carbonyl (C=O) groups is 1. The van der Waals surface area contributed by atoms with Crippen molar-refractivity contribution in [2.45, 2.75) is 57.4 Å². The third-order valence-corrected chi connectivity index (χ3v) is 5.06. The second-order valence-corrected chi connectivity index (χ2v) is 6.27. The van der Waals surface area contributed by atoms with Crippen molar-refractivity contribution in [3.05, 3.63) is 0 Å². The number of carbonyl (C=O) groups excluding carboxylic acids is 1. The number of amides is 1. The molecule has 0 aromatic rings. The number of nitrogens with one attached hydrogen (secondary N) is 2. The van der Waals surface area contributed by atoms with Crippen LogP contribution in [-0.4, -0.2) is 38.3 Å². The highest BCUT2D eigenvalue weighted by atomic mass is 16.5. The van der Waals surface area contributed by atoms with E-state index >= 15 is 0 Å². The Morgan fingerprint density at radius 1 is 1.26 bits per heavy atom. The molecule has 1 aliphatic carbocycles. The number of ether oxygens (including phenoxy) is 1. The zero-order valence-electron chi connectivity index (χ0n) is 12.4. The minimum Gasteiger partial charge on any atom is -0.383 e. The Morgan fingerprint density at radius 2 is 2.00 bits per heavy atom. The lowest BCUT2D eigenvalue weighted by Gasteiger charge is -2.32. The van der Waals surface area contributed by atoms with Gasteiger partial charge in [0.15, 0.2) is 0 Å². The van der Waals surface area contributed by atoms with Gasteiger partial charge in [0.2, 0.25) is 5.91 Å².